The Balaban J connectivity index is 1.37. The smallest absolute Gasteiger partial charge is 0.0640 e. The van der Waals surface area contributed by atoms with Crippen LogP contribution in [0.2, 0.25) is 0 Å². The topological polar surface area (TPSA) is 3.24 Å². The van der Waals surface area contributed by atoms with Crippen LogP contribution in [0.15, 0.2) is 152 Å². The van der Waals surface area contributed by atoms with Crippen molar-refractivity contribution in [3.05, 3.63) is 152 Å². The number of rotatable bonds is 4. The van der Waals surface area contributed by atoms with Crippen molar-refractivity contribution in [3.63, 3.8) is 0 Å². The SMILES string of the molecule is c1ccc(-c2ccc(N(c3cc4c5ccccc5sc4c4ccccc34)c3cccc4c3sc3ccccc34)cc2)cc1. The van der Waals surface area contributed by atoms with Gasteiger partial charge in [0, 0.05) is 52.1 Å². The van der Waals surface area contributed by atoms with Crippen LogP contribution >= 0.6 is 22.7 Å². The molecule has 0 radical (unpaired) electrons. The van der Waals surface area contributed by atoms with E-state index in [0.29, 0.717) is 0 Å². The van der Waals surface area contributed by atoms with Gasteiger partial charge in [-0.25, -0.2) is 0 Å². The number of benzene rings is 7. The molecule has 0 fully saturated rings. The Hall–Kier alpha value is -4.96. The van der Waals surface area contributed by atoms with Crippen LogP contribution in [0.3, 0.4) is 0 Å². The molecule has 0 aliphatic rings. The number of thiophene rings is 2. The molecule has 2 aromatic heterocycles. The molecule has 3 heteroatoms. The van der Waals surface area contributed by atoms with Crippen LogP contribution in [-0.2, 0) is 0 Å². The van der Waals surface area contributed by atoms with E-state index in [1.807, 2.05) is 22.7 Å². The third-order valence-corrected chi connectivity index (χ3v) is 10.9. The lowest BCUT2D eigenvalue weighted by Crippen LogP contribution is -2.10. The van der Waals surface area contributed by atoms with E-state index in [4.69, 9.17) is 0 Å². The maximum atomic E-state index is 2.49. The van der Waals surface area contributed by atoms with Crippen LogP contribution in [0.4, 0.5) is 17.1 Å². The Morgan fingerprint density at radius 3 is 1.63 bits per heavy atom. The van der Waals surface area contributed by atoms with Gasteiger partial charge in [0.15, 0.2) is 0 Å². The van der Waals surface area contributed by atoms with Gasteiger partial charge in [0.2, 0.25) is 0 Å². The molecular formula is C40H25NS2. The minimum atomic E-state index is 1.15. The highest BCUT2D eigenvalue weighted by atomic mass is 32.1. The summed E-state index contributed by atoms with van der Waals surface area (Å²) >= 11 is 3.77. The molecule has 0 spiro atoms. The Morgan fingerprint density at radius 2 is 0.884 bits per heavy atom. The van der Waals surface area contributed by atoms with E-state index in [1.54, 1.807) is 0 Å². The molecular weight excluding hydrogens is 559 g/mol. The van der Waals surface area contributed by atoms with Crippen molar-refractivity contribution in [2.45, 2.75) is 0 Å². The molecule has 9 rings (SSSR count). The molecule has 7 aromatic carbocycles. The fourth-order valence-electron chi connectivity index (χ4n) is 6.46. The summed E-state index contributed by atoms with van der Waals surface area (Å²) in [6, 6.07) is 55.3. The predicted octanol–water partition coefficient (Wildman–Crippen LogP) is 12.7. The van der Waals surface area contributed by atoms with Gasteiger partial charge in [0.1, 0.15) is 0 Å². The lowest BCUT2D eigenvalue weighted by atomic mass is 10.0. The number of hydrogen-bond acceptors (Lipinski definition) is 3. The number of hydrogen-bond donors (Lipinski definition) is 0. The monoisotopic (exact) mass is 583 g/mol. The second-order valence-electron chi connectivity index (χ2n) is 10.9. The highest BCUT2D eigenvalue weighted by molar-refractivity contribution is 7.27. The summed E-state index contributed by atoms with van der Waals surface area (Å²) in [5, 5.41) is 7.79. The lowest BCUT2D eigenvalue weighted by molar-refractivity contribution is 1.32. The van der Waals surface area contributed by atoms with Crippen molar-refractivity contribution in [2.24, 2.45) is 0 Å². The summed E-state index contributed by atoms with van der Waals surface area (Å²) in [5.41, 5.74) is 5.99. The van der Waals surface area contributed by atoms with Crippen LogP contribution in [-0.4, -0.2) is 0 Å². The molecule has 1 nitrogen and oxygen atoms in total. The van der Waals surface area contributed by atoms with Crippen molar-refractivity contribution < 1.29 is 0 Å². The van der Waals surface area contributed by atoms with Gasteiger partial charge in [-0.1, -0.05) is 115 Å². The van der Waals surface area contributed by atoms with Gasteiger partial charge in [0.05, 0.1) is 16.1 Å². The van der Waals surface area contributed by atoms with Gasteiger partial charge in [-0.3, -0.25) is 0 Å². The molecule has 0 atom stereocenters. The fraction of sp³-hybridized carbons (Fsp3) is 0. The maximum Gasteiger partial charge on any atom is 0.0640 e. The average Bonchev–Trinajstić information content (AvgIpc) is 3.65. The van der Waals surface area contributed by atoms with Crippen LogP contribution in [0, 0.1) is 0 Å². The van der Waals surface area contributed by atoms with Crippen LogP contribution in [0.5, 0.6) is 0 Å². The molecule has 2 heterocycles. The Bertz CT molecular complexity index is 2450. The molecule has 0 saturated heterocycles. The molecule has 0 amide bonds. The summed E-state index contributed by atoms with van der Waals surface area (Å²) in [6.07, 6.45) is 0. The third kappa shape index (κ3) is 3.90. The minimum Gasteiger partial charge on any atom is -0.308 e. The molecule has 9 aromatic rings. The van der Waals surface area contributed by atoms with Crippen LogP contribution in [0.25, 0.3) is 62.2 Å². The standard InChI is InChI=1S/C40H25NS2/c1-2-11-26(12-3-1)27-21-23-28(24-22-27)41(35-18-10-17-33-30-14-6-8-19-37(30)43-40(33)35)36-25-34-31-15-7-9-20-38(31)42-39(34)32-16-5-4-13-29(32)36/h1-25H. The van der Waals surface area contributed by atoms with Gasteiger partial charge >= 0.3 is 0 Å². The summed E-state index contributed by atoms with van der Waals surface area (Å²) in [4.78, 5) is 2.49. The first kappa shape index (κ1) is 24.6. The molecule has 43 heavy (non-hydrogen) atoms. The Kier molecular flexibility index (Phi) is 5.62. The van der Waals surface area contributed by atoms with Crippen molar-refractivity contribution in [3.8, 4) is 11.1 Å². The third-order valence-electron chi connectivity index (χ3n) is 8.46. The second kappa shape index (κ2) is 9.81. The van der Waals surface area contributed by atoms with Crippen molar-refractivity contribution in [1.29, 1.82) is 0 Å². The quantitative estimate of drug-likeness (QED) is 0.199. The highest BCUT2D eigenvalue weighted by Gasteiger charge is 2.22. The Morgan fingerprint density at radius 1 is 0.349 bits per heavy atom. The minimum absolute atomic E-state index is 1.15. The normalized spacial score (nSPS) is 11.7. The first-order valence-corrected chi connectivity index (χ1v) is 16.2. The number of fused-ring (bicyclic) bond motifs is 8. The zero-order valence-corrected chi connectivity index (χ0v) is 24.8. The fourth-order valence-corrected chi connectivity index (χ4v) is 8.89. The van der Waals surface area contributed by atoms with Crippen LogP contribution < -0.4 is 4.90 Å². The lowest BCUT2D eigenvalue weighted by Gasteiger charge is -2.28. The highest BCUT2D eigenvalue weighted by Crippen LogP contribution is 2.49. The molecule has 0 unspecified atom stereocenters. The first-order chi connectivity index (χ1) is 21.3. The predicted molar refractivity (Wildman–Crippen MR) is 190 cm³/mol. The van der Waals surface area contributed by atoms with Crippen molar-refractivity contribution in [1.82, 2.24) is 0 Å². The van der Waals surface area contributed by atoms with E-state index >= 15 is 0 Å². The van der Waals surface area contributed by atoms with Gasteiger partial charge < -0.3 is 4.90 Å². The van der Waals surface area contributed by atoms with E-state index in [-0.39, 0.29) is 0 Å². The summed E-state index contributed by atoms with van der Waals surface area (Å²) in [7, 11) is 0. The molecule has 0 aliphatic heterocycles. The maximum absolute atomic E-state index is 2.49. The van der Waals surface area contributed by atoms with E-state index in [2.05, 4.69) is 157 Å². The van der Waals surface area contributed by atoms with Gasteiger partial charge in [-0.2, -0.15) is 0 Å². The zero-order chi connectivity index (χ0) is 28.3. The average molecular weight is 584 g/mol. The molecule has 0 aliphatic carbocycles. The summed E-state index contributed by atoms with van der Waals surface area (Å²) < 4.78 is 5.29. The molecule has 0 bridgehead atoms. The zero-order valence-electron chi connectivity index (χ0n) is 23.2. The first-order valence-electron chi connectivity index (χ1n) is 14.5. The van der Waals surface area contributed by atoms with Gasteiger partial charge in [0.25, 0.3) is 0 Å². The molecule has 0 N–H and O–H groups in total. The van der Waals surface area contributed by atoms with Gasteiger partial charge in [-0.05, 0) is 47.5 Å². The summed E-state index contributed by atoms with van der Waals surface area (Å²) in [5.74, 6) is 0. The van der Waals surface area contributed by atoms with Crippen LogP contribution in [0.1, 0.15) is 0 Å². The Labute approximate surface area is 257 Å². The second-order valence-corrected chi connectivity index (χ2v) is 13.0. The van der Waals surface area contributed by atoms with Gasteiger partial charge in [-0.15, -0.1) is 22.7 Å². The molecule has 0 saturated carbocycles. The number of anilines is 3. The van der Waals surface area contributed by atoms with Crippen molar-refractivity contribution >= 4 is 90.9 Å². The molecule has 202 valence electrons. The van der Waals surface area contributed by atoms with E-state index in [0.717, 1.165) is 5.69 Å². The number of nitrogens with zero attached hydrogens (tertiary/aromatic N) is 1. The van der Waals surface area contributed by atoms with E-state index < -0.39 is 0 Å². The van der Waals surface area contributed by atoms with E-state index in [9.17, 15) is 0 Å². The summed E-state index contributed by atoms with van der Waals surface area (Å²) in [6.45, 7) is 0. The van der Waals surface area contributed by atoms with Crippen molar-refractivity contribution in [2.75, 3.05) is 4.90 Å². The van der Waals surface area contributed by atoms with E-state index in [1.165, 1.54) is 73.6 Å². The largest absolute Gasteiger partial charge is 0.308 e.